The van der Waals surface area contributed by atoms with Crippen LogP contribution in [0.1, 0.15) is 39.3 Å². The van der Waals surface area contributed by atoms with E-state index in [1.54, 1.807) is 0 Å². The van der Waals surface area contributed by atoms with Crippen LogP contribution >= 0.6 is 0 Å². The van der Waals surface area contributed by atoms with E-state index >= 15 is 0 Å². The zero-order valence-corrected chi connectivity index (χ0v) is 15.1. The van der Waals surface area contributed by atoms with Crippen molar-refractivity contribution in [3.8, 4) is 5.75 Å². The van der Waals surface area contributed by atoms with Crippen molar-refractivity contribution in [2.45, 2.75) is 39.3 Å². The Morgan fingerprint density at radius 2 is 1.91 bits per heavy atom. The molecule has 0 bridgehead atoms. The van der Waals surface area contributed by atoms with Crippen LogP contribution in [0, 0.1) is 0 Å². The van der Waals surface area contributed by atoms with Gasteiger partial charge in [0.15, 0.2) is 0 Å². The van der Waals surface area contributed by atoms with Gasteiger partial charge in [-0.25, -0.2) is 0 Å². The summed E-state index contributed by atoms with van der Waals surface area (Å²) in [7, 11) is 4.10. The van der Waals surface area contributed by atoms with Crippen molar-refractivity contribution in [2.24, 2.45) is 5.73 Å². The van der Waals surface area contributed by atoms with Crippen LogP contribution < -0.4 is 10.5 Å². The van der Waals surface area contributed by atoms with Crippen LogP contribution in [-0.2, 0) is 0 Å². The van der Waals surface area contributed by atoms with Crippen LogP contribution in [-0.4, -0.2) is 55.7 Å². The fraction of sp³-hybridized carbons (Fsp3) is 0.667. The molecule has 1 unspecified atom stereocenters. The van der Waals surface area contributed by atoms with Gasteiger partial charge in [-0.15, -0.1) is 0 Å². The van der Waals surface area contributed by atoms with Crippen LogP contribution in [0.4, 0.5) is 0 Å². The Hall–Kier alpha value is -1.10. The normalized spacial score (nSPS) is 13.7. The first-order valence-electron chi connectivity index (χ1n) is 8.14. The van der Waals surface area contributed by atoms with Crippen LogP contribution in [0.25, 0.3) is 0 Å². The van der Waals surface area contributed by atoms with E-state index in [-0.39, 0.29) is 11.6 Å². The Kier molecular flexibility index (Phi) is 7.33. The number of nitrogens with zero attached hydrogens (tertiary/aromatic N) is 2. The van der Waals surface area contributed by atoms with Crippen molar-refractivity contribution in [3.05, 3.63) is 29.8 Å². The molecular weight excluding hydrogens is 274 g/mol. The van der Waals surface area contributed by atoms with Gasteiger partial charge in [0.1, 0.15) is 12.4 Å². The first-order chi connectivity index (χ1) is 10.3. The molecule has 4 nitrogen and oxygen atoms in total. The molecule has 126 valence electrons. The van der Waals surface area contributed by atoms with Gasteiger partial charge in [0, 0.05) is 24.7 Å². The Balaban J connectivity index is 2.89. The smallest absolute Gasteiger partial charge is 0.119 e. The predicted octanol–water partition coefficient (Wildman–Crippen LogP) is 2.75. The lowest BCUT2D eigenvalue weighted by atomic mass is 9.97. The maximum Gasteiger partial charge on any atom is 0.119 e. The Bertz CT molecular complexity index is 440. The molecule has 1 aromatic carbocycles. The van der Waals surface area contributed by atoms with Crippen LogP contribution in [0.5, 0.6) is 5.75 Å². The number of likely N-dealkylation sites (N-methyl/N-ethyl adjacent to an activating group) is 2. The Labute approximate surface area is 136 Å². The standard InChI is InChI=1S/C18H33N3O/c1-7-21(18(2,3)4)17(14-19)15-9-8-10-16(13-15)22-12-11-20(5)6/h8-10,13,17H,7,11-12,14,19H2,1-6H3. The molecule has 0 amide bonds. The Morgan fingerprint density at radius 3 is 2.41 bits per heavy atom. The molecule has 0 spiro atoms. The van der Waals surface area contributed by atoms with E-state index in [0.29, 0.717) is 13.2 Å². The van der Waals surface area contributed by atoms with E-state index in [1.165, 1.54) is 5.56 Å². The summed E-state index contributed by atoms with van der Waals surface area (Å²) in [5, 5.41) is 0. The fourth-order valence-electron chi connectivity index (χ4n) is 2.76. The number of hydrogen-bond acceptors (Lipinski definition) is 4. The van der Waals surface area contributed by atoms with Gasteiger partial charge in [0.25, 0.3) is 0 Å². The second-order valence-electron chi connectivity index (χ2n) is 6.93. The highest BCUT2D eigenvalue weighted by molar-refractivity contribution is 5.31. The summed E-state index contributed by atoms with van der Waals surface area (Å²) in [4.78, 5) is 4.55. The van der Waals surface area contributed by atoms with Crippen molar-refractivity contribution in [2.75, 3.05) is 40.3 Å². The molecule has 0 aliphatic carbocycles. The van der Waals surface area contributed by atoms with Crippen molar-refractivity contribution in [1.29, 1.82) is 0 Å². The van der Waals surface area contributed by atoms with Crippen LogP contribution in [0.3, 0.4) is 0 Å². The number of hydrogen-bond donors (Lipinski definition) is 1. The summed E-state index contributed by atoms with van der Waals surface area (Å²) < 4.78 is 5.85. The van der Waals surface area contributed by atoms with E-state index in [4.69, 9.17) is 10.5 Å². The van der Waals surface area contributed by atoms with Gasteiger partial charge in [0.05, 0.1) is 0 Å². The van der Waals surface area contributed by atoms with Crippen LogP contribution in [0.2, 0.25) is 0 Å². The topological polar surface area (TPSA) is 41.7 Å². The van der Waals surface area contributed by atoms with E-state index in [1.807, 2.05) is 20.2 Å². The minimum atomic E-state index is 0.0839. The first-order valence-corrected chi connectivity index (χ1v) is 8.14. The number of benzene rings is 1. The summed E-state index contributed by atoms with van der Waals surface area (Å²) in [6, 6.07) is 8.55. The van der Waals surface area contributed by atoms with Crippen molar-refractivity contribution in [1.82, 2.24) is 9.80 Å². The van der Waals surface area contributed by atoms with Gasteiger partial charge in [-0.05, 0) is 59.1 Å². The van der Waals surface area contributed by atoms with Crippen molar-refractivity contribution in [3.63, 3.8) is 0 Å². The lowest BCUT2D eigenvalue weighted by molar-refractivity contribution is 0.0917. The third-order valence-corrected chi connectivity index (χ3v) is 3.85. The average molecular weight is 307 g/mol. The highest BCUT2D eigenvalue weighted by Crippen LogP contribution is 2.29. The van der Waals surface area contributed by atoms with E-state index < -0.39 is 0 Å². The number of ether oxygens (including phenoxy) is 1. The summed E-state index contributed by atoms with van der Waals surface area (Å²) in [5.74, 6) is 0.919. The van der Waals surface area contributed by atoms with E-state index in [0.717, 1.165) is 18.8 Å². The maximum atomic E-state index is 6.08. The quantitative estimate of drug-likeness (QED) is 0.802. The van der Waals surface area contributed by atoms with Gasteiger partial charge >= 0.3 is 0 Å². The summed E-state index contributed by atoms with van der Waals surface area (Å²) >= 11 is 0. The SMILES string of the molecule is CCN(C(CN)c1cccc(OCCN(C)C)c1)C(C)(C)C. The third-order valence-electron chi connectivity index (χ3n) is 3.85. The van der Waals surface area contributed by atoms with E-state index in [2.05, 4.69) is 55.7 Å². The molecule has 0 saturated heterocycles. The zero-order chi connectivity index (χ0) is 16.8. The number of nitrogens with two attached hydrogens (primary N) is 1. The lowest BCUT2D eigenvalue weighted by Gasteiger charge is -2.41. The molecule has 0 heterocycles. The number of rotatable bonds is 8. The van der Waals surface area contributed by atoms with Crippen molar-refractivity contribution < 1.29 is 4.74 Å². The molecule has 0 aliphatic heterocycles. The fourth-order valence-corrected chi connectivity index (χ4v) is 2.76. The molecule has 0 radical (unpaired) electrons. The molecule has 1 atom stereocenters. The summed E-state index contributed by atoms with van der Waals surface area (Å²) in [5.41, 5.74) is 7.39. The largest absolute Gasteiger partial charge is 0.492 e. The van der Waals surface area contributed by atoms with Crippen molar-refractivity contribution >= 4 is 0 Å². The lowest BCUT2D eigenvalue weighted by Crippen LogP contribution is -2.46. The molecule has 0 aromatic heterocycles. The zero-order valence-electron chi connectivity index (χ0n) is 15.1. The van der Waals surface area contributed by atoms with Gasteiger partial charge in [-0.3, -0.25) is 4.90 Å². The van der Waals surface area contributed by atoms with Crippen LogP contribution in [0.15, 0.2) is 24.3 Å². The molecule has 0 fully saturated rings. The molecule has 22 heavy (non-hydrogen) atoms. The third kappa shape index (κ3) is 5.59. The summed E-state index contributed by atoms with van der Waals surface area (Å²) in [6.45, 7) is 12.1. The first kappa shape index (κ1) is 18.9. The molecule has 1 aromatic rings. The molecule has 1 rings (SSSR count). The molecule has 0 aliphatic rings. The second kappa shape index (κ2) is 8.51. The van der Waals surface area contributed by atoms with E-state index in [9.17, 15) is 0 Å². The Morgan fingerprint density at radius 1 is 1.23 bits per heavy atom. The predicted molar refractivity (Wildman–Crippen MR) is 94.4 cm³/mol. The van der Waals surface area contributed by atoms with Gasteiger partial charge in [-0.2, -0.15) is 0 Å². The molecular formula is C18H33N3O. The molecule has 4 heteroatoms. The molecule has 0 saturated carbocycles. The second-order valence-corrected chi connectivity index (χ2v) is 6.93. The van der Waals surface area contributed by atoms with Gasteiger partial charge in [0.2, 0.25) is 0 Å². The minimum absolute atomic E-state index is 0.0839. The monoisotopic (exact) mass is 307 g/mol. The summed E-state index contributed by atoms with van der Waals surface area (Å²) in [6.07, 6.45) is 0. The maximum absolute atomic E-state index is 6.08. The van der Waals surface area contributed by atoms with Gasteiger partial charge < -0.3 is 15.4 Å². The van der Waals surface area contributed by atoms with Gasteiger partial charge in [-0.1, -0.05) is 19.1 Å². The highest BCUT2D eigenvalue weighted by Gasteiger charge is 2.27. The molecule has 2 N–H and O–H groups in total. The highest BCUT2D eigenvalue weighted by atomic mass is 16.5. The average Bonchev–Trinajstić information content (AvgIpc) is 2.43. The minimum Gasteiger partial charge on any atom is -0.492 e.